The molecule has 0 aliphatic carbocycles. The van der Waals surface area contributed by atoms with Crippen LogP contribution in [0.15, 0.2) is 48.7 Å². The lowest BCUT2D eigenvalue weighted by molar-refractivity contribution is 0.462. The van der Waals surface area contributed by atoms with Crippen LogP contribution in [0.25, 0.3) is 0 Å². The number of ether oxygens (including phenoxy) is 1. The van der Waals surface area contributed by atoms with Gasteiger partial charge in [-0.2, -0.15) is 0 Å². The van der Waals surface area contributed by atoms with Crippen molar-refractivity contribution in [2.45, 2.75) is 26.2 Å². The van der Waals surface area contributed by atoms with Crippen molar-refractivity contribution in [3.63, 3.8) is 0 Å². The second-order valence-corrected chi connectivity index (χ2v) is 4.15. The summed E-state index contributed by atoms with van der Waals surface area (Å²) in [4.78, 5) is 4.32. The maximum Gasteiger partial charge on any atom is 0.219 e. The third kappa shape index (κ3) is 3.06. The molecule has 0 fully saturated rings. The molecule has 1 heterocycles. The first kappa shape index (κ1) is 11.6. The summed E-state index contributed by atoms with van der Waals surface area (Å²) in [7, 11) is 0. The summed E-state index contributed by atoms with van der Waals surface area (Å²) in [5.41, 5.74) is 1.26. The van der Waals surface area contributed by atoms with E-state index in [-0.39, 0.29) is 0 Å². The van der Waals surface area contributed by atoms with Crippen molar-refractivity contribution in [2.75, 3.05) is 0 Å². The molecule has 1 aromatic heterocycles. The molecule has 1 aromatic carbocycles. The van der Waals surface area contributed by atoms with Crippen molar-refractivity contribution in [3.8, 4) is 11.6 Å². The summed E-state index contributed by atoms with van der Waals surface area (Å²) in [6.07, 6.45) is 3.02. The SMILES string of the molecule is CCC(C)c1ccc(Oc2ccccc2)nc1. The third-order valence-electron chi connectivity index (χ3n) is 2.91. The van der Waals surface area contributed by atoms with E-state index in [9.17, 15) is 0 Å². The van der Waals surface area contributed by atoms with Crippen LogP contribution in [0, 0.1) is 0 Å². The lowest BCUT2D eigenvalue weighted by atomic mass is 10.0. The Morgan fingerprint density at radius 2 is 1.88 bits per heavy atom. The minimum atomic E-state index is 0.549. The number of hydrogen-bond donors (Lipinski definition) is 0. The Kier molecular flexibility index (Phi) is 3.76. The van der Waals surface area contributed by atoms with Gasteiger partial charge in [-0.25, -0.2) is 4.98 Å². The number of hydrogen-bond acceptors (Lipinski definition) is 2. The highest BCUT2D eigenvalue weighted by Gasteiger charge is 2.04. The molecule has 0 spiro atoms. The van der Waals surface area contributed by atoms with Gasteiger partial charge < -0.3 is 4.74 Å². The molecule has 2 nitrogen and oxygen atoms in total. The number of nitrogens with zero attached hydrogens (tertiary/aromatic N) is 1. The minimum absolute atomic E-state index is 0.549. The maximum atomic E-state index is 5.64. The monoisotopic (exact) mass is 227 g/mol. The topological polar surface area (TPSA) is 22.1 Å². The first-order valence-electron chi connectivity index (χ1n) is 5.98. The van der Waals surface area contributed by atoms with E-state index < -0.39 is 0 Å². The molecule has 2 heteroatoms. The zero-order valence-corrected chi connectivity index (χ0v) is 10.3. The molecule has 0 saturated heterocycles. The first-order chi connectivity index (χ1) is 8.29. The van der Waals surface area contributed by atoms with Crippen molar-refractivity contribution in [2.24, 2.45) is 0 Å². The Balaban J connectivity index is 2.08. The molecule has 1 atom stereocenters. The van der Waals surface area contributed by atoms with Crippen LogP contribution in [0.5, 0.6) is 11.6 Å². The Morgan fingerprint density at radius 1 is 1.12 bits per heavy atom. The Hall–Kier alpha value is -1.83. The van der Waals surface area contributed by atoms with Crippen LogP contribution in [0.2, 0.25) is 0 Å². The van der Waals surface area contributed by atoms with Crippen LogP contribution in [-0.2, 0) is 0 Å². The Labute approximate surface area is 102 Å². The number of benzene rings is 1. The predicted octanol–water partition coefficient (Wildman–Crippen LogP) is 4.39. The van der Waals surface area contributed by atoms with Crippen LogP contribution in [-0.4, -0.2) is 4.98 Å². The normalized spacial score (nSPS) is 12.1. The lowest BCUT2D eigenvalue weighted by Gasteiger charge is -2.09. The number of aromatic nitrogens is 1. The van der Waals surface area contributed by atoms with E-state index >= 15 is 0 Å². The molecule has 0 N–H and O–H groups in total. The van der Waals surface area contributed by atoms with E-state index in [0.29, 0.717) is 11.8 Å². The van der Waals surface area contributed by atoms with Gasteiger partial charge in [0.25, 0.3) is 0 Å². The molecule has 2 rings (SSSR count). The van der Waals surface area contributed by atoms with Gasteiger partial charge in [-0.05, 0) is 30.0 Å². The van der Waals surface area contributed by atoms with Gasteiger partial charge in [0.1, 0.15) is 5.75 Å². The highest BCUT2D eigenvalue weighted by Crippen LogP contribution is 2.22. The minimum Gasteiger partial charge on any atom is -0.439 e. The fraction of sp³-hybridized carbons (Fsp3) is 0.267. The molecule has 88 valence electrons. The highest BCUT2D eigenvalue weighted by atomic mass is 16.5. The summed E-state index contributed by atoms with van der Waals surface area (Å²) in [6, 6.07) is 13.7. The van der Waals surface area contributed by atoms with E-state index in [1.54, 1.807) is 0 Å². The van der Waals surface area contributed by atoms with Crippen LogP contribution in [0.1, 0.15) is 31.7 Å². The molecule has 0 bridgehead atoms. The van der Waals surface area contributed by atoms with Gasteiger partial charge in [0.2, 0.25) is 5.88 Å². The van der Waals surface area contributed by atoms with E-state index in [1.807, 2.05) is 42.6 Å². The molecule has 17 heavy (non-hydrogen) atoms. The van der Waals surface area contributed by atoms with Crippen LogP contribution in [0.3, 0.4) is 0 Å². The van der Waals surface area contributed by atoms with Crippen molar-refractivity contribution < 1.29 is 4.74 Å². The van der Waals surface area contributed by atoms with Gasteiger partial charge in [0.05, 0.1) is 0 Å². The van der Waals surface area contributed by atoms with Crippen LogP contribution < -0.4 is 4.74 Å². The average molecular weight is 227 g/mol. The molecule has 0 amide bonds. The zero-order chi connectivity index (χ0) is 12.1. The van der Waals surface area contributed by atoms with Crippen molar-refractivity contribution >= 4 is 0 Å². The number of pyridine rings is 1. The molecule has 0 radical (unpaired) electrons. The molecule has 0 aliphatic heterocycles. The quantitative estimate of drug-likeness (QED) is 0.773. The smallest absolute Gasteiger partial charge is 0.219 e. The third-order valence-corrected chi connectivity index (χ3v) is 2.91. The second-order valence-electron chi connectivity index (χ2n) is 4.15. The summed E-state index contributed by atoms with van der Waals surface area (Å²) < 4.78 is 5.64. The maximum absolute atomic E-state index is 5.64. The standard InChI is InChI=1S/C15H17NO/c1-3-12(2)13-9-10-15(16-11-13)17-14-7-5-4-6-8-14/h4-12H,3H2,1-2H3. The highest BCUT2D eigenvalue weighted by molar-refractivity contribution is 5.28. The van der Waals surface area contributed by atoms with E-state index in [0.717, 1.165) is 12.2 Å². The fourth-order valence-electron chi connectivity index (χ4n) is 1.59. The summed E-state index contributed by atoms with van der Waals surface area (Å²) in [5, 5.41) is 0. The average Bonchev–Trinajstić information content (AvgIpc) is 2.40. The largest absolute Gasteiger partial charge is 0.439 e. The molecular weight excluding hydrogens is 210 g/mol. The van der Waals surface area contributed by atoms with Gasteiger partial charge in [-0.1, -0.05) is 38.1 Å². The van der Waals surface area contributed by atoms with E-state index in [1.165, 1.54) is 5.56 Å². The second kappa shape index (κ2) is 5.48. The summed E-state index contributed by atoms with van der Waals surface area (Å²) >= 11 is 0. The van der Waals surface area contributed by atoms with Crippen molar-refractivity contribution in [3.05, 3.63) is 54.2 Å². The Morgan fingerprint density at radius 3 is 2.47 bits per heavy atom. The van der Waals surface area contributed by atoms with Crippen molar-refractivity contribution in [1.29, 1.82) is 0 Å². The predicted molar refractivity (Wildman–Crippen MR) is 69.5 cm³/mol. The molecule has 1 unspecified atom stereocenters. The fourth-order valence-corrected chi connectivity index (χ4v) is 1.59. The van der Waals surface area contributed by atoms with Gasteiger partial charge in [-0.3, -0.25) is 0 Å². The molecule has 0 saturated carbocycles. The summed E-state index contributed by atoms with van der Waals surface area (Å²) in [6.45, 7) is 4.38. The first-order valence-corrected chi connectivity index (χ1v) is 5.98. The number of para-hydroxylation sites is 1. The van der Waals surface area contributed by atoms with Gasteiger partial charge in [0.15, 0.2) is 0 Å². The van der Waals surface area contributed by atoms with Crippen LogP contribution in [0.4, 0.5) is 0 Å². The molecule has 0 aliphatic rings. The summed E-state index contributed by atoms with van der Waals surface area (Å²) in [5.74, 6) is 2.01. The van der Waals surface area contributed by atoms with E-state index in [2.05, 4.69) is 24.9 Å². The molecular formula is C15H17NO. The molecule has 2 aromatic rings. The lowest BCUT2D eigenvalue weighted by Crippen LogP contribution is -1.93. The Bertz CT molecular complexity index is 450. The van der Waals surface area contributed by atoms with Gasteiger partial charge >= 0.3 is 0 Å². The van der Waals surface area contributed by atoms with Crippen LogP contribution >= 0.6 is 0 Å². The van der Waals surface area contributed by atoms with Gasteiger partial charge in [0, 0.05) is 12.3 Å². The van der Waals surface area contributed by atoms with E-state index in [4.69, 9.17) is 4.74 Å². The van der Waals surface area contributed by atoms with Crippen molar-refractivity contribution in [1.82, 2.24) is 4.98 Å². The zero-order valence-electron chi connectivity index (χ0n) is 10.3. The van der Waals surface area contributed by atoms with Gasteiger partial charge in [-0.15, -0.1) is 0 Å². The number of rotatable bonds is 4.